The van der Waals surface area contributed by atoms with E-state index in [1.807, 2.05) is 133 Å². The van der Waals surface area contributed by atoms with Crippen LogP contribution >= 0.6 is 47.0 Å². The standard InChI is InChI=1S/C46H34N6O6S6.2Na/c53-63(54,55)39-27-33(47-45-49-41(59-35-13-5-1-6-14-35)29-42(50-45)60-36-15-7-2-8-16-36)25-23-31(39)21-22-32-24-26-34(28-40(32)64(56,57)58)48-46-51-43(61-37-17-9-3-10-18-37)30-44(52-46)62-38-19-11-4-12-20-38;;/h1-30H,(H,47,49,50)(H,48,51,52)(H,53,54,55)(H,56,57,58);;. The Balaban J connectivity index is 0.00000360. The van der Waals surface area contributed by atoms with Crippen molar-refractivity contribution in [2.75, 3.05) is 10.6 Å². The van der Waals surface area contributed by atoms with Crippen molar-refractivity contribution in [2.24, 2.45) is 0 Å². The first-order chi connectivity index (χ1) is 30.9. The van der Waals surface area contributed by atoms with E-state index in [2.05, 4.69) is 30.6 Å². The van der Waals surface area contributed by atoms with Gasteiger partial charge < -0.3 is 10.6 Å². The van der Waals surface area contributed by atoms with Crippen LogP contribution in [0.5, 0.6) is 0 Å². The molecule has 322 valence electrons. The predicted molar refractivity (Wildman–Crippen MR) is 266 cm³/mol. The van der Waals surface area contributed by atoms with Gasteiger partial charge in [-0.2, -0.15) is 16.8 Å². The summed E-state index contributed by atoms with van der Waals surface area (Å²) in [6, 6.07) is 51.0. The maximum atomic E-state index is 12.8. The van der Waals surface area contributed by atoms with Gasteiger partial charge in [0.25, 0.3) is 20.2 Å². The number of rotatable bonds is 16. The van der Waals surface area contributed by atoms with E-state index >= 15 is 0 Å². The van der Waals surface area contributed by atoms with Crippen LogP contribution in [0.25, 0.3) is 12.2 Å². The average Bonchev–Trinajstić information content (AvgIpc) is 3.27. The smallest absolute Gasteiger partial charge is 0.295 e. The van der Waals surface area contributed by atoms with Crippen LogP contribution in [0.2, 0.25) is 0 Å². The summed E-state index contributed by atoms with van der Waals surface area (Å²) in [5.74, 6) is 0.377. The fraction of sp³-hybridized carbons (Fsp3) is 0. The molecule has 66 heavy (non-hydrogen) atoms. The van der Waals surface area contributed by atoms with E-state index in [4.69, 9.17) is 0 Å². The van der Waals surface area contributed by atoms with Gasteiger partial charge in [0.2, 0.25) is 11.9 Å². The largest absolute Gasteiger partial charge is 0.324 e. The number of hydrogen-bond acceptors (Lipinski definition) is 14. The predicted octanol–water partition coefficient (Wildman–Crippen LogP) is 11.3. The molecular weight excluding hydrogens is 971 g/mol. The van der Waals surface area contributed by atoms with E-state index in [0.29, 0.717) is 20.1 Å². The first kappa shape index (κ1) is 51.4. The minimum Gasteiger partial charge on any atom is -0.324 e. The molecule has 2 radical (unpaired) electrons. The Morgan fingerprint density at radius 3 is 0.924 bits per heavy atom. The Kier molecular flexibility index (Phi) is 18.6. The zero-order chi connectivity index (χ0) is 44.5. The van der Waals surface area contributed by atoms with Crippen LogP contribution < -0.4 is 10.6 Å². The second kappa shape index (κ2) is 23.9. The van der Waals surface area contributed by atoms with E-state index < -0.39 is 30.0 Å². The number of nitrogens with one attached hydrogen (secondary N) is 2. The van der Waals surface area contributed by atoms with Gasteiger partial charge in [-0.3, -0.25) is 9.11 Å². The van der Waals surface area contributed by atoms with E-state index in [9.17, 15) is 25.9 Å². The number of nitrogens with zero attached hydrogens (tertiary/aromatic N) is 4. The number of aromatic nitrogens is 4. The molecule has 0 bridgehead atoms. The van der Waals surface area contributed by atoms with Gasteiger partial charge in [0, 0.05) is 102 Å². The Morgan fingerprint density at radius 2 is 0.667 bits per heavy atom. The minimum absolute atomic E-state index is 0. The van der Waals surface area contributed by atoms with Gasteiger partial charge in [-0.05, 0) is 83.9 Å². The molecule has 0 atom stereocenters. The molecule has 6 aromatic carbocycles. The Hall–Kier alpha value is -3.96. The molecular formula is C46H34N6Na2O6S6. The Morgan fingerprint density at radius 1 is 0.394 bits per heavy atom. The van der Waals surface area contributed by atoms with Crippen LogP contribution in [-0.2, 0) is 20.2 Å². The van der Waals surface area contributed by atoms with E-state index in [1.165, 1.54) is 83.5 Å². The summed E-state index contributed by atoms with van der Waals surface area (Å²) in [6.07, 6.45) is 2.65. The molecule has 2 heterocycles. The molecule has 2 aromatic heterocycles. The molecule has 12 nitrogen and oxygen atoms in total. The fourth-order valence-corrected chi connectivity index (χ4v) is 10.9. The van der Waals surface area contributed by atoms with Crippen molar-refractivity contribution in [3.63, 3.8) is 0 Å². The molecule has 8 aromatic rings. The van der Waals surface area contributed by atoms with Crippen LogP contribution in [0.1, 0.15) is 11.1 Å². The van der Waals surface area contributed by atoms with Crippen molar-refractivity contribution < 1.29 is 25.9 Å². The molecule has 0 aliphatic heterocycles. The Labute approximate surface area is 443 Å². The summed E-state index contributed by atoms with van der Waals surface area (Å²) in [6.45, 7) is 0. The Bertz CT molecular complexity index is 2850. The van der Waals surface area contributed by atoms with Crippen molar-refractivity contribution in [2.45, 2.75) is 49.5 Å². The van der Waals surface area contributed by atoms with E-state index in [-0.39, 0.29) is 93.5 Å². The molecule has 0 saturated heterocycles. The minimum atomic E-state index is -4.81. The number of anilines is 4. The first-order valence-electron chi connectivity index (χ1n) is 19.0. The SMILES string of the molecule is O=S(=O)(O)c1cc(Nc2nc(Sc3ccccc3)cc(Sc3ccccc3)n2)ccc1C=Cc1ccc(Nc2nc(Sc3ccccc3)cc(Sc3ccccc3)n2)cc1S(=O)(=O)O.[Na].[Na]. The van der Waals surface area contributed by atoms with Crippen molar-refractivity contribution in [3.05, 3.63) is 181 Å². The van der Waals surface area contributed by atoms with Crippen LogP contribution in [-0.4, -0.2) is 105 Å². The maximum absolute atomic E-state index is 12.8. The second-order valence-electron chi connectivity index (χ2n) is 13.4. The van der Waals surface area contributed by atoms with Crippen molar-refractivity contribution in [1.82, 2.24) is 19.9 Å². The molecule has 0 aliphatic carbocycles. The maximum Gasteiger partial charge on any atom is 0.295 e. The summed E-state index contributed by atoms with van der Waals surface area (Å²) < 4.78 is 71.8. The van der Waals surface area contributed by atoms with Crippen LogP contribution in [0.15, 0.2) is 219 Å². The van der Waals surface area contributed by atoms with Crippen LogP contribution in [0.4, 0.5) is 23.3 Å². The topological polar surface area (TPSA) is 184 Å². The monoisotopic (exact) mass is 1000 g/mol. The van der Waals surface area contributed by atoms with Crippen LogP contribution in [0.3, 0.4) is 0 Å². The average molecular weight is 1010 g/mol. The molecule has 20 heteroatoms. The summed E-state index contributed by atoms with van der Waals surface area (Å²) >= 11 is 5.74. The molecule has 4 N–H and O–H groups in total. The first-order valence-corrected chi connectivity index (χ1v) is 25.2. The van der Waals surface area contributed by atoms with Gasteiger partial charge in [-0.1, -0.05) is 144 Å². The molecule has 0 spiro atoms. The molecule has 8 rings (SSSR count). The van der Waals surface area contributed by atoms with E-state index in [1.54, 1.807) is 12.1 Å². The zero-order valence-corrected chi connectivity index (χ0v) is 44.0. The van der Waals surface area contributed by atoms with Crippen LogP contribution in [0, 0.1) is 0 Å². The normalized spacial score (nSPS) is 11.4. The fourth-order valence-electron chi connectivity index (χ4n) is 5.95. The van der Waals surface area contributed by atoms with Crippen molar-refractivity contribution in [1.29, 1.82) is 0 Å². The zero-order valence-electron chi connectivity index (χ0n) is 35.1. The molecule has 0 fully saturated rings. The third-order valence-electron chi connectivity index (χ3n) is 8.76. The van der Waals surface area contributed by atoms with E-state index in [0.717, 1.165) is 19.6 Å². The molecule has 0 aliphatic rings. The van der Waals surface area contributed by atoms with Gasteiger partial charge in [-0.15, -0.1) is 0 Å². The third-order valence-corrected chi connectivity index (χ3v) is 14.3. The summed E-state index contributed by atoms with van der Waals surface area (Å²) in [7, 11) is -9.63. The van der Waals surface area contributed by atoms with Gasteiger partial charge in [0.05, 0.1) is 0 Å². The third kappa shape index (κ3) is 14.8. The van der Waals surface area contributed by atoms with Crippen molar-refractivity contribution >= 4 is 162 Å². The summed E-state index contributed by atoms with van der Waals surface area (Å²) in [4.78, 5) is 21.6. The quantitative estimate of drug-likeness (QED) is 0.0310. The van der Waals surface area contributed by atoms with Crippen molar-refractivity contribution in [3.8, 4) is 0 Å². The summed E-state index contributed by atoms with van der Waals surface area (Å²) in [5.41, 5.74) is 0.594. The molecule has 0 saturated carbocycles. The molecule has 0 unspecified atom stereocenters. The number of hydrogen-bond donors (Lipinski definition) is 4. The van der Waals surface area contributed by atoms with Gasteiger partial charge >= 0.3 is 0 Å². The van der Waals surface area contributed by atoms with Gasteiger partial charge in [-0.25, -0.2) is 19.9 Å². The molecule has 0 amide bonds. The second-order valence-corrected chi connectivity index (χ2v) is 20.6. The number of benzene rings is 6. The summed E-state index contributed by atoms with van der Waals surface area (Å²) in [5, 5.41) is 8.71. The van der Waals surface area contributed by atoms with Gasteiger partial charge in [0.1, 0.15) is 29.9 Å². The van der Waals surface area contributed by atoms with Gasteiger partial charge in [0.15, 0.2) is 0 Å².